The van der Waals surface area contributed by atoms with Crippen LogP contribution in [0.25, 0.3) is 5.69 Å². The molecule has 3 rings (SSSR count). The lowest BCUT2D eigenvalue weighted by Gasteiger charge is -2.42. The van der Waals surface area contributed by atoms with Gasteiger partial charge in [-0.05, 0) is 40.5 Å². The van der Waals surface area contributed by atoms with Gasteiger partial charge in [-0.3, -0.25) is 4.79 Å². The Morgan fingerprint density at radius 3 is 2.83 bits per heavy atom. The van der Waals surface area contributed by atoms with E-state index in [9.17, 15) is 4.79 Å². The Bertz CT molecular complexity index is 715. The molecule has 0 spiro atoms. The number of carbonyl (C=O) groups is 1. The van der Waals surface area contributed by atoms with Crippen molar-refractivity contribution in [2.45, 2.75) is 26.3 Å². The Morgan fingerprint density at radius 1 is 1.43 bits per heavy atom. The molecule has 2 aromatic rings. The second-order valence-electron chi connectivity index (χ2n) is 6.53. The Balaban J connectivity index is 1.83. The molecule has 0 bridgehead atoms. The number of carbonyl (C=O) groups excluding carboxylic acids is 1. The number of nitrogens with zero attached hydrogens (tertiary/aromatic N) is 5. The van der Waals surface area contributed by atoms with Crippen LogP contribution in [0, 0.1) is 5.41 Å². The monoisotopic (exact) mass is 334 g/mol. The molecule has 1 aliphatic rings. The van der Waals surface area contributed by atoms with Crippen LogP contribution in [0.2, 0.25) is 5.02 Å². The lowest BCUT2D eigenvalue weighted by Crippen LogP contribution is -2.54. The van der Waals surface area contributed by atoms with Crippen molar-refractivity contribution in [1.29, 1.82) is 0 Å². The van der Waals surface area contributed by atoms with Crippen molar-refractivity contribution in [3.63, 3.8) is 0 Å². The molecule has 1 amide bonds. The number of tetrazole rings is 1. The average Bonchev–Trinajstić information content (AvgIpc) is 3.03. The van der Waals surface area contributed by atoms with Crippen molar-refractivity contribution in [2.24, 2.45) is 11.1 Å². The largest absolute Gasteiger partial charge is 0.338 e. The van der Waals surface area contributed by atoms with Crippen molar-refractivity contribution in [3.05, 3.63) is 35.1 Å². The molecular weight excluding hydrogens is 316 g/mol. The molecule has 1 aromatic heterocycles. The van der Waals surface area contributed by atoms with Gasteiger partial charge in [-0.15, -0.1) is 5.10 Å². The van der Waals surface area contributed by atoms with Gasteiger partial charge in [0.05, 0.1) is 16.3 Å². The van der Waals surface area contributed by atoms with Crippen LogP contribution in [0.4, 0.5) is 0 Å². The topological polar surface area (TPSA) is 89.9 Å². The molecule has 1 unspecified atom stereocenters. The van der Waals surface area contributed by atoms with Crippen LogP contribution in [0.3, 0.4) is 0 Å². The normalized spacial score (nSPS) is 20.5. The van der Waals surface area contributed by atoms with Gasteiger partial charge in [-0.1, -0.05) is 25.4 Å². The van der Waals surface area contributed by atoms with E-state index < -0.39 is 0 Å². The zero-order valence-corrected chi connectivity index (χ0v) is 13.9. The van der Waals surface area contributed by atoms with Gasteiger partial charge in [-0.25, -0.2) is 4.68 Å². The second kappa shape index (κ2) is 5.90. The smallest absolute Gasteiger partial charge is 0.255 e. The van der Waals surface area contributed by atoms with Crippen molar-refractivity contribution >= 4 is 17.5 Å². The van der Waals surface area contributed by atoms with Crippen molar-refractivity contribution in [2.75, 3.05) is 13.1 Å². The number of nitrogens with two attached hydrogens (primary N) is 1. The first kappa shape index (κ1) is 15.9. The molecule has 1 atom stereocenters. The van der Waals surface area contributed by atoms with Gasteiger partial charge in [0.15, 0.2) is 0 Å². The summed E-state index contributed by atoms with van der Waals surface area (Å²) in [5, 5.41) is 11.4. The zero-order chi connectivity index (χ0) is 16.6. The number of rotatable bonds is 2. The number of piperidine rings is 1. The third-order valence-electron chi connectivity index (χ3n) is 4.40. The highest BCUT2D eigenvalue weighted by atomic mass is 35.5. The van der Waals surface area contributed by atoms with E-state index in [0.717, 1.165) is 6.42 Å². The highest BCUT2D eigenvalue weighted by Crippen LogP contribution is 2.30. The Kier molecular flexibility index (Phi) is 4.08. The fraction of sp³-hybridized carbons (Fsp3) is 0.467. The SMILES string of the molecule is CC1(C)CN(C(=O)c2ccc(-n3cnnn3)cc2Cl)CCC1N. The van der Waals surface area contributed by atoms with Crippen molar-refractivity contribution in [3.8, 4) is 5.69 Å². The van der Waals surface area contributed by atoms with Crippen LogP contribution in [-0.4, -0.2) is 50.1 Å². The summed E-state index contributed by atoms with van der Waals surface area (Å²) >= 11 is 6.31. The summed E-state index contributed by atoms with van der Waals surface area (Å²) in [5.74, 6) is -0.0711. The van der Waals surface area contributed by atoms with E-state index in [1.165, 1.54) is 11.0 Å². The highest BCUT2D eigenvalue weighted by molar-refractivity contribution is 6.34. The molecule has 0 aliphatic carbocycles. The minimum absolute atomic E-state index is 0.0711. The summed E-state index contributed by atoms with van der Waals surface area (Å²) in [7, 11) is 0. The van der Waals surface area contributed by atoms with Crippen LogP contribution in [0.5, 0.6) is 0 Å². The molecule has 0 radical (unpaired) electrons. The van der Waals surface area contributed by atoms with E-state index in [4.69, 9.17) is 17.3 Å². The molecule has 2 N–H and O–H groups in total. The lowest BCUT2D eigenvalue weighted by atomic mass is 9.79. The fourth-order valence-corrected chi connectivity index (χ4v) is 3.07. The number of hydrogen-bond donors (Lipinski definition) is 1. The van der Waals surface area contributed by atoms with Crippen LogP contribution in [0.1, 0.15) is 30.6 Å². The second-order valence-corrected chi connectivity index (χ2v) is 6.94. The summed E-state index contributed by atoms with van der Waals surface area (Å²) in [6.45, 7) is 5.44. The van der Waals surface area contributed by atoms with Crippen molar-refractivity contribution in [1.82, 2.24) is 25.1 Å². The van der Waals surface area contributed by atoms with E-state index in [-0.39, 0.29) is 17.4 Å². The van der Waals surface area contributed by atoms with Gasteiger partial charge in [0, 0.05) is 19.1 Å². The van der Waals surface area contributed by atoms with Gasteiger partial charge in [0.2, 0.25) is 0 Å². The first-order chi connectivity index (χ1) is 10.9. The molecule has 2 heterocycles. The number of amides is 1. The molecule has 23 heavy (non-hydrogen) atoms. The average molecular weight is 335 g/mol. The van der Waals surface area contributed by atoms with Crippen LogP contribution in [-0.2, 0) is 0 Å². The van der Waals surface area contributed by atoms with Crippen molar-refractivity contribution < 1.29 is 4.79 Å². The molecule has 1 saturated heterocycles. The third kappa shape index (κ3) is 3.07. The molecule has 1 aliphatic heterocycles. The molecule has 8 heteroatoms. The number of aromatic nitrogens is 4. The molecule has 122 valence electrons. The van der Waals surface area contributed by atoms with E-state index in [0.29, 0.717) is 29.4 Å². The summed E-state index contributed by atoms with van der Waals surface area (Å²) in [6.07, 6.45) is 2.26. The molecule has 0 saturated carbocycles. The zero-order valence-electron chi connectivity index (χ0n) is 13.1. The van der Waals surface area contributed by atoms with E-state index >= 15 is 0 Å². The minimum Gasteiger partial charge on any atom is -0.338 e. The maximum absolute atomic E-state index is 12.8. The summed E-state index contributed by atoms with van der Waals surface area (Å²) in [5.41, 5.74) is 7.21. The first-order valence-corrected chi connectivity index (χ1v) is 7.84. The maximum Gasteiger partial charge on any atom is 0.255 e. The van der Waals surface area contributed by atoms with Crippen LogP contribution >= 0.6 is 11.6 Å². The molecular formula is C15H19ClN6O. The third-order valence-corrected chi connectivity index (χ3v) is 4.71. The van der Waals surface area contributed by atoms with Gasteiger partial charge in [0.25, 0.3) is 5.91 Å². The molecule has 7 nitrogen and oxygen atoms in total. The lowest BCUT2D eigenvalue weighted by molar-refractivity contribution is 0.0533. The summed E-state index contributed by atoms with van der Waals surface area (Å²) in [6, 6.07) is 5.27. The maximum atomic E-state index is 12.8. The summed E-state index contributed by atoms with van der Waals surface area (Å²) in [4.78, 5) is 14.6. The number of halogens is 1. The van der Waals surface area contributed by atoms with E-state index in [1.807, 2.05) is 4.90 Å². The van der Waals surface area contributed by atoms with Gasteiger partial charge < -0.3 is 10.6 Å². The van der Waals surface area contributed by atoms with Crippen LogP contribution in [0.15, 0.2) is 24.5 Å². The van der Waals surface area contributed by atoms with E-state index in [2.05, 4.69) is 29.4 Å². The molecule has 1 fully saturated rings. The standard InChI is InChI=1S/C15H19ClN6O/c1-15(2)8-21(6-5-13(15)17)14(23)11-4-3-10(7-12(11)16)22-9-18-19-20-22/h3-4,7,9,13H,5-6,8,17H2,1-2H3. The van der Waals surface area contributed by atoms with Gasteiger partial charge in [-0.2, -0.15) is 0 Å². The van der Waals surface area contributed by atoms with Crippen LogP contribution < -0.4 is 5.73 Å². The Hall–Kier alpha value is -1.99. The van der Waals surface area contributed by atoms with Gasteiger partial charge in [0.1, 0.15) is 6.33 Å². The number of benzene rings is 1. The number of hydrogen-bond acceptors (Lipinski definition) is 5. The van der Waals surface area contributed by atoms with E-state index in [1.54, 1.807) is 18.2 Å². The summed E-state index contributed by atoms with van der Waals surface area (Å²) < 4.78 is 1.49. The Labute approximate surface area is 139 Å². The number of likely N-dealkylation sites (tertiary alicyclic amines) is 1. The Morgan fingerprint density at radius 2 is 2.22 bits per heavy atom. The predicted molar refractivity (Wildman–Crippen MR) is 86.4 cm³/mol. The highest BCUT2D eigenvalue weighted by Gasteiger charge is 2.35. The van der Waals surface area contributed by atoms with Gasteiger partial charge >= 0.3 is 0 Å². The predicted octanol–water partition coefficient (Wildman–Crippen LogP) is 1.52. The quantitative estimate of drug-likeness (QED) is 0.899. The minimum atomic E-state index is -0.104. The molecule has 1 aromatic carbocycles. The fourth-order valence-electron chi connectivity index (χ4n) is 2.82. The first-order valence-electron chi connectivity index (χ1n) is 7.46.